The van der Waals surface area contributed by atoms with Crippen LogP contribution in [0.15, 0.2) is 24.3 Å². The summed E-state index contributed by atoms with van der Waals surface area (Å²) in [5, 5.41) is 0.687. The molecule has 1 aromatic rings. The highest BCUT2D eigenvalue weighted by Gasteiger charge is 2.12. The van der Waals surface area contributed by atoms with E-state index < -0.39 is 0 Å². The zero-order valence-electron chi connectivity index (χ0n) is 9.40. The normalized spacial score (nSPS) is 12.2. The molecule has 1 rings (SSSR count). The summed E-state index contributed by atoms with van der Waals surface area (Å²) in [5.41, 5.74) is 1.01. The summed E-state index contributed by atoms with van der Waals surface area (Å²) >= 11 is 5.79. The first-order valence-electron chi connectivity index (χ1n) is 5.02. The van der Waals surface area contributed by atoms with Crippen molar-refractivity contribution in [3.05, 3.63) is 34.9 Å². The Morgan fingerprint density at radius 1 is 1.31 bits per heavy atom. The molecule has 0 radical (unpaired) electrons. The van der Waals surface area contributed by atoms with Gasteiger partial charge in [0, 0.05) is 18.6 Å². The maximum atomic E-state index is 11.0. The molecule has 0 bridgehead atoms. The van der Waals surface area contributed by atoms with E-state index in [1.165, 1.54) is 7.11 Å². The molecule has 1 aromatic carbocycles. The summed E-state index contributed by atoms with van der Waals surface area (Å²) in [7, 11) is 3.00. The van der Waals surface area contributed by atoms with Crippen molar-refractivity contribution in [1.82, 2.24) is 0 Å². The molecule has 0 heterocycles. The topological polar surface area (TPSA) is 35.5 Å². The number of hydrogen-bond acceptors (Lipinski definition) is 3. The molecule has 1 unspecified atom stereocenters. The SMILES string of the molecule is COC(=O)CCC(OC)c1ccc(Cl)cc1. The van der Waals surface area contributed by atoms with Gasteiger partial charge in [0.1, 0.15) is 0 Å². The molecule has 0 aromatic heterocycles. The van der Waals surface area contributed by atoms with Crippen LogP contribution in [0.3, 0.4) is 0 Å². The zero-order chi connectivity index (χ0) is 12.0. The largest absolute Gasteiger partial charge is 0.469 e. The Balaban J connectivity index is 2.60. The molecule has 4 heteroatoms. The Labute approximate surface area is 100 Å². The number of ether oxygens (including phenoxy) is 2. The van der Waals surface area contributed by atoms with E-state index in [0.29, 0.717) is 17.9 Å². The lowest BCUT2D eigenvalue weighted by Crippen LogP contribution is -2.06. The van der Waals surface area contributed by atoms with E-state index in [1.54, 1.807) is 19.2 Å². The lowest BCUT2D eigenvalue weighted by molar-refractivity contribution is -0.141. The minimum atomic E-state index is -0.226. The molecule has 0 saturated heterocycles. The molecule has 3 nitrogen and oxygen atoms in total. The molecule has 0 aliphatic rings. The highest BCUT2D eigenvalue weighted by Crippen LogP contribution is 2.23. The van der Waals surface area contributed by atoms with Crippen LogP contribution in [0.1, 0.15) is 24.5 Å². The van der Waals surface area contributed by atoms with Crippen molar-refractivity contribution in [2.45, 2.75) is 18.9 Å². The maximum absolute atomic E-state index is 11.0. The molecule has 16 heavy (non-hydrogen) atoms. The van der Waals surface area contributed by atoms with Crippen molar-refractivity contribution in [3.8, 4) is 0 Å². The van der Waals surface area contributed by atoms with Gasteiger partial charge in [0.15, 0.2) is 0 Å². The van der Waals surface area contributed by atoms with Gasteiger partial charge in [0.25, 0.3) is 0 Å². The lowest BCUT2D eigenvalue weighted by atomic mass is 10.1. The van der Waals surface area contributed by atoms with Crippen LogP contribution in [-0.2, 0) is 14.3 Å². The Hall–Kier alpha value is -1.06. The highest BCUT2D eigenvalue weighted by atomic mass is 35.5. The summed E-state index contributed by atoms with van der Waals surface area (Å²) < 4.78 is 9.90. The second kappa shape index (κ2) is 6.51. The van der Waals surface area contributed by atoms with Crippen molar-refractivity contribution < 1.29 is 14.3 Å². The third-order valence-corrected chi connectivity index (χ3v) is 2.62. The number of halogens is 1. The van der Waals surface area contributed by atoms with Crippen LogP contribution in [0, 0.1) is 0 Å². The summed E-state index contributed by atoms with van der Waals surface area (Å²) in [5.74, 6) is -0.226. The number of carbonyl (C=O) groups is 1. The van der Waals surface area contributed by atoms with E-state index >= 15 is 0 Å². The Bertz CT molecular complexity index is 335. The quantitative estimate of drug-likeness (QED) is 0.745. The van der Waals surface area contributed by atoms with Gasteiger partial charge < -0.3 is 9.47 Å². The molecule has 1 atom stereocenters. The van der Waals surface area contributed by atoms with Crippen LogP contribution in [0.2, 0.25) is 5.02 Å². The first kappa shape index (κ1) is 13.0. The monoisotopic (exact) mass is 242 g/mol. The molecule has 88 valence electrons. The van der Waals surface area contributed by atoms with Gasteiger partial charge in [-0.3, -0.25) is 4.79 Å². The number of benzene rings is 1. The fraction of sp³-hybridized carbons (Fsp3) is 0.417. The van der Waals surface area contributed by atoms with Crippen LogP contribution >= 0.6 is 11.6 Å². The average molecular weight is 243 g/mol. The summed E-state index contributed by atoms with van der Waals surface area (Å²) in [6.07, 6.45) is 0.846. The Morgan fingerprint density at radius 3 is 2.44 bits per heavy atom. The molecule has 0 saturated carbocycles. The Morgan fingerprint density at radius 2 is 1.94 bits per heavy atom. The van der Waals surface area contributed by atoms with Crippen LogP contribution in [0.5, 0.6) is 0 Å². The number of methoxy groups -OCH3 is 2. The van der Waals surface area contributed by atoms with Gasteiger partial charge in [0.05, 0.1) is 13.2 Å². The molecule has 0 amide bonds. The van der Waals surface area contributed by atoms with Gasteiger partial charge in [0.2, 0.25) is 0 Å². The van der Waals surface area contributed by atoms with Crippen molar-refractivity contribution in [1.29, 1.82) is 0 Å². The van der Waals surface area contributed by atoms with E-state index in [2.05, 4.69) is 4.74 Å². The fourth-order valence-electron chi connectivity index (χ4n) is 1.45. The summed E-state index contributed by atoms with van der Waals surface area (Å²) in [6, 6.07) is 7.41. The zero-order valence-corrected chi connectivity index (χ0v) is 10.2. The van der Waals surface area contributed by atoms with Gasteiger partial charge >= 0.3 is 5.97 Å². The highest BCUT2D eigenvalue weighted by molar-refractivity contribution is 6.30. The van der Waals surface area contributed by atoms with Crippen LogP contribution in [-0.4, -0.2) is 20.2 Å². The number of esters is 1. The van der Waals surface area contributed by atoms with Gasteiger partial charge in [-0.1, -0.05) is 23.7 Å². The molecular formula is C12H15ClO3. The van der Waals surface area contributed by atoms with Crippen molar-refractivity contribution in [2.24, 2.45) is 0 Å². The predicted molar refractivity (Wildman–Crippen MR) is 62.5 cm³/mol. The molecule has 0 aliphatic heterocycles. The number of hydrogen-bond donors (Lipinski definition) is 0. The van der Waals surface area contributed by atoms with E-state index in [4.69, 9.17) is 16.3 Å². The van der Waals surface area contributed by atoms with E-state index in [-0.39, 0.29) is 12.1 Å². The lowest BCUT2D eigenvalue weighted by Gasteiger charge is -2.14. The van der Waals surface area contributed by atoms with Crippen LogP contribution in [0.4, 0.5) is 0 Å². The first-order chi connectivity index (χ1) is 7.67. The third-order valence-electron chi connectivity index (χ3n) is 2.36. The minimum absolute atomic E-state index is 0.101. The number of carbonyl (C=O) groups excluding carboxylic acids is 1. The van der Waals surface area contributed by atoms with Crippen LogP contribution in [0.25, 0.3) is 0 Å². The number of rotatable bonds is 5. The van der Waals surface area contributed by atoms with E-state index in [1.807, 2.05) is 12.1 Å². The summed E-state index contributed by atoms with van der Waals surface area (Å²) in [6.45, 7) is 0. The molecule has 0 spiro atoms. The first-order valence-corrected chi connectivity index (χ1v) is 5.40. The second-order valence-electron chi connectivity index (χ2n) is 3.39. The average Bonchev–Trinajstić information content (AvgIpc) is 2.31. The molecule has 0 aliphatic carbocycles. The van der Waals surface area contributed by atoms with E-state index in [9.17, 15) is 4.79 Å². The van der Waals surface area contributed by atoms with Crippen molar-refractivity contribution in [3.63, 3.8) is 0 Å². The molecule has 0 N–H and O–H groups in total. The van der Waals surface area contributed by atoms with Gasteiger partial charge in [-0.15, -0.1) is 0 Å². The van der Waals surface area contributed by atoms with Gasteiger partial charge in [-0.05, 0) is 24.1 Å². The maximum Gasteiger partial charge on any atom is 0.305 e. The molecular weight excluding hydrogens is 228 g/mol. The Kier molecular flexibility index (Phi) is 5.29. The fourth-order valence-corrected chi connectivity index (χ4v) is 1.58. The van der Waals surface area contributed by atoms with Crippen molar-refractivity contribution >= 4 is 17.6 Å². The van der Waals surface area contributed by atoms with Gasteiger partial charge in [-0.25, -0.2) is 0 Å². The summed E-state index contributed by atoms with van der Waals surface area (Å²) in [4.78, 5) is 11.0. The third kappa shape index (κ3) is 3.83. The van der Waals surface area contributed by atoms with Crippen LogP contribution < -0.4 is 0 Å². The smallest absolute Gasteiger partial charge is 0.305 e. The second-order valence-corrected chi connectivity index (χ2v) is 3.83. The molecule has 0 fully saturated rings. The minimum Gasteiger partial charge on any atom is -0.469 e. The standard InChI is InChI=1S/C12H15ClO3/c1-15-11(7-8-12(14)16-2)9-3-5-10(13)6-4-9/h3-6,11H,7-8H2,1-2H3. The van der Waals surface area contributed by atoms with E-state index in [0.717, 1.165) is 5.56 Å². The van der Waals surface area contributed by atoms with Crippen molar-refractivity contribution in [2.75, 3.05) is 14.2 Å². The van der Waals surface area contributed by atoms with Gasteiger partial charge in [-0.2, -0.15) is 0 Å². The predicted octanol–water partition coefficient (Wildman–Crippen LogP) is 2.98.